The van der Waals surface area contributed by atoms with Gasteiger partial charge in [0.15, 0.2) is 0 Å². The van der Waals surface area contributed by atoms with E-state index < -0.39 is 11.0 Å². The van der Waals surface area contributed by atoms with Crippen LogP contribution in [0.4, 0.5) is 4.79 Å². The zero-order chi connectivity index (χ0) is 16.8. The molecule has 0 aromatic carbocycles. The van der Waals surface area contributed by atoms with Gasteiger partial charge in [-0.2, -0.15) is 5.26 Å². The Hall–Kier alpha value is -1.57. The molecule has 22 heavy (non-hydrogen) atoms. The Balaban J connectivity index is 2.25. The first-order valence-electron chi connectivity index (χ1n) is 7.91. The molecule has 0 spiro atoms. The van der Waals surface area contributed by atoms with E-state index in [1.807, 2.05) is 20.8 Å². The van der Waals surface area contributed by atoms with Crippen molar-refractivity contribution >= 4 is 11.9 Å². The van der Waals surface area contributed by atoms with Crippen LogP contribution in [-0.2, 0) is 9.53 Å². The lowest BCUT2D eigenvalue weighted by Gasteiger charge is -2.51. The first-order chi connectivity index (χ1) is 9.98. The summed E-state index contributed by atoms with van der Waals surface area (Å²) < 4.78 is 5.53. The highest BCUT2D eigenvalue weighted by molar-refractivity contribution is 5.88. The Kier molecular flexibility index (Phi) is 4.01. The molecule has 1 heterocycles. The smallest absolute Gasteiger partial charge is 0.410 e. The molecule has 0 bridgehead atoms. The molecule has 1 aliphatic heterocycles. The molecule has 0 N–H and O–H groups in total. The fraction of sp³-hybridized carbons (Fsp3) is 0.824. The number of ether oxygens (including phenoxy) is 1. The second-order valence-corrected chi connectivity index (χ2v) is 8.49. The first-order valence-corrected chi connectivity index (χ1v) is 7.91. The summed E-state index contributed by atoms with van der Waals surface area (Å²) in [5.41, 5.74) is -1.29. The minimum Gasteiger partial charge on any atom is -0.444 e. The zero-order valence-electron chi connectivity index (χ0n) is 14.2. The van der Waals surface area contributed by atoms with Crippen molar-refractivity contribution in [2.75, 3.05) is 6.54 Å². The average molecular weight is 306 g/mol. The quantitative estimate of drug-likeness (QED) is 0.745. The maximum absolute atomic E-state index is 12.6. The number of rotatable bonds is 1. The van der Waals surface area contributed by atoms with Gasteiger partial charge < -0.3 is 9.64 Å². The van der Waals surface area contributed by atoms with Gasteiger partial charge in [-0.1, -0.05) is 13.8 Å². The van der Waals surface area contributed by atoms with Crippen molar-refractivity contribution in [3.05, 3.63) is 0 Å². The first kappa shape index (κ1) is 16.8. The van der Waals surface area contributed by atoms with Crippen molar-refractivity contribution in [2.45, 2.75) is 71.9 Å². The van der Waals surface area contributed by atoms with Crippen LogP contribution in [0.1, 0.15) is 60.3 Å². The molecule has 1 saturated heterocycles. The van der Waals surface area contributed by atoms with Gasteiger partial charge in [0.1, 0.15) is 11.4 Å². The number of hydrogen-bond acceptors (Lipinski definition) is 4. The van der Waals surface area contributed by atoms with Crippen LogP contribution < -0.4 is 0 Å². The molecule has 1 amide bonds. The number of carbonyl (C=O) groups is 2. The largest absolute Gasteiger partial charge is 0.444 e. The number of nitriles is 1. The average Bonchev–Trinajstić information content (AvgIpc) is 2.32. The highest BCUT2D eigenvalue weighted by Crippen LogP contribution is 2.48. The third kappa shape index (κ3) is 3.26. The molecule has 0 aromatic heterocycles. The molecule has 5 heteroatoms. The molecule has 0 aromatic rings. The summed E-state index contributed by atoms with van der Waals surface area (Å²) in [7, 11) is 0. The number of hydrogen-bond donors (Lipinski definition) is 0. The van der Waals surface area contributed by atoms with E-state index >= 15 is 0 Å². The molecule has 122 valence electrons. The maximum Gasteiger partial charge on any atom is 0.410 e. The third-order valence-electron chi connectivity index (χ3n) is 4.58. The van der Waals surface area contributed by atoms with Crippen molar-refractivity contribution in [1.29, 1.82) is 5.26 Å². The van der Waals surface area contributed by atoms with E-state index in [1.165, 1.54) is 0 Å². The van der Waals surface area contributed by atoms with Crippen molar-refractivity contribution < 1.29 is 14.3 Å². The van der Waals surface area contributed by atoms with Crippen LogP contribution >= 0.6 is 0 Å². The summed E-state index contributed by atoms with van der Waals surface area (Å²) in [6.45, 7) is 10.3. The standard InChI is InChI=1S/C17H26N2O3/c1-15(2,3)22-14(21)19-11-16(4,5)7-6-13(19)17(10-18)8-12(20)9-17/h13H,6-9,11H2,1-5H3. The predicted molar refractivity (Wildman–Crippen MR) is 82.0 cm³/mol. The molecular weight excluding hydrogens is 280 g/mol. The Morgan fingerprint density at radius 1 is 1.36 bits per heavy atom. The molecule has 1 atom stereocenters. The van der Waals surface area contributed by atoms with E-state index in [0.29, 0.717) is 6.54 Å². The lowest BCUT2D eigenvalue weighted by atomic mass is 9.60. The summed E-state index contributed by atoms with van der Waals surface area (Å²) in [6.07, 6.45) is 1.82. The number of Topliss-reactive ketones (excluding diaryl/α,β-unsaturated/α-hetero) is 1. The molecule has 1 aliphatic carbocycles. The van der Waals surface area contributed by atoms with E-state index in [0.717, 1.165) is 12.8 Å². The van der Waals surface area contributed by atoms with E-state index in [9.17, 15) is 14.9 Å². The van der Waals surface area contributed by atoms with Gasteiger partial charge in [0.2, 0.25) is 0 Å². The SMILES string of the molecule is CC1(C)CCC(C2(C#N)CC(=O)C2)N(C(=O)OC(C)(C)C)C1. The second kappa shape index (κ2) is 5.26. The van der Waals surface area contributed by atoms with Crippen LogP contribution in [0.2, 0.25) is 0 Å². The molecule has 5 nitrogen and oxygen atoms in total. The Labute approximate surface area is 132 Å². The van der Waals surface area contributed by atoms with E-state index in [4.69, 9.17) is 4.74 Å². The van der Waals surface area contributed by atoms with Crippen LogP contribution in [0.5, 0.6) is 0 Å². The van der Waals surface area contributed by atoms with E-state index in [1.54, 1.807) is 4.90 Å². The minimum absolute atomic E-state index is 0.00218. The van der Waals surface area contributed by atoms with Gasteiger partial charge in [-0.05, 0) is 39.0 Å². The highest BCUT2D eigenvalue weighted by atomic mass is 16.6. The predicted octanol–water partition coefficient (Wildman–Crippen LogP) is 3.28. The normalized spacial score (nSPS) is 26.8. The molecule has 1 saturated carbocycles. The van der Waals surface area contributed by atoms with Gasteiger partial charge >= 0.3 is 6.09 Å². The number of nitrogens with zero attached hydrogens (tertiary/aromatic N) is 2. The topological polar surface area (TPSA) is 70.4 Å². The van der Waals surface area contributed by atoms with Crippen LogP contribution in [0.3, 0.4) is 0 Å². The third-order valence-corrected chi connectivity index (χ3v) is 4.58. The summed E-state index contributed by atoms with van der Waals surface area (Å²) in [4.78, 5) is 25.8. The minimum atomic E-state index is -0.718. The summed E-state index contributed by atoms with van der Waals surface area (Å²) in [6, 6.07) is 2.10. The van der Waals surface area contributed by atoms with Gasteiger partial charge in [-0.25, -0.2) is 4.79 Å². The second-order valence-electron chi connectivity index (χ2n) is 8.49. The van der Waals surface area contributed by atoms with Gasteiger partial charge in [-0.15, -0.1) is 0 Å². The molecular formula is C17H26N2O3. The number of carbonyl (C=O) groups excluding carboxylic acids is 2. The fourth-order valence-electron chi connectivity index (χ4n) is 3.46. The monoisotopic (exact) mass is 306 g/mol. The van der Waals surface area contributed by atoms with Gasteiger partial charge in [0, 0.05) is 19.4 Å². The van der Waals surface area contributed by atoms with Crippen LogP contribution in [0, 0.1) is 22.2 Å². The summed E-state index contributed by atoms with van der Waals surface area (Å²) >= 11 is 0. The maximum atomic E-state index is 12.6. The number of amides is 1. The molecule has 2 rings (SSSR count). The number of piperidine rings is 1. The van der Waals surface area contributed by atoms with Crippen molar-refractivity contribution in [1.82, 2.24) is 4.90 Å². The Morgan fingerprint density at radius 2 is 1.95 bits per heavy atom. The van der Waals surface area contributed by atoms with Crippen LogP contribution in [0.15, 0.2) is 0 Å². The summed E-state index contributed by atoms with van der Waals surface area (Å²) in [5, 5.41) is 9.59. The van der Waals surface area contributed by atoms with E-state index in [-0.39, 0.29) is 36.2 Å². The number of ketones is 1. The van der Waals surface area contributed by atoms with Gasteiger partial charge in [0.25, 0.3) is 0 Å². The van der Waals surface area contributed by atoms with Crippen molar-refractivity contribution in [3.63, 3.8) is 0 Å². The van der Waals surface area contributed by atoms with Gasteiger partial charge in [-0.3, -0.25) is 4.79 Å². The zero-order valence-corrected chi connectivity index (χ0v) is 14.2. The Bertz CT molecular complexity index is 517. The molecule has 0 radical (unpaired) electrons. The fourth-order valence-corrected chi connectivity index (χ4v) is 3.46. The molecule has 1 unspecified atom stereocenters. The van der Waals surface area contributed by atoms with Gasteiger partial charge in [0.05, 0.1) is 17.5 Å². The summed E-state index contributed by atoms with van der Waals surface area (Å²) in [5.74, 6) is 0.107. The highest BCUT2D eigenvalue weighted by Gasteiger charge is 2.55. The van der Waals surface area contributed by atoms with E-state index in [2.05, 4.69) is 19.9 Å². The number of likely N-dealkylation sites (tertiary alicyclic amines) is 1. The lowest BCUT2D eigenvalue weighted by molar-refractivity contribution is -0.135. The van der Waals surface area contributed by atoms with Crippen molar-refractivity contribution in [3.8, 4) is 6.07 Å². The van der Waals surface area contributed by atoms with Crippen LogP contribution in [0.25, 0.3) is 0 Å². The van der Waals surface area contributed by atoms with Crippen molar-refractivity contribution in [2.24, 2.45) is 10.8 Å². The Morgan fingerprint density at radius 3 is 2.41 bits per heavy atom. The molecule has 2 fully saturated rings. The van der Waals surface area contributed by atoms with Crippen LogP contribution in [-0.4, -0.2) is 35.0 Å². The lowest BCUT2D eigenvalue weighted by Crippen LogP contribution is -2.60. The molecule has 2 aliphatic rings.